The molecule has 1 aromatic carbocycles. The molecule has 2 rings (SSSR count). The highest BCUT2D eigenvalue weighted by Crippen LogP contribution is 2.35. The molecular formula is C17H24N2O2. The van der Waals surface area contributed by atoms with Crippen LogP contribution in [0, 0.1) is 16.7 Å². The van der Waals surface area contributed by atoms with Gasteiger partial charge in [-0.2, -0.15) is 5.26 Å². The lowest BCUT2D eigenvalue weighted by molar-refractivity contribution is 0.0810. The van der Waals surface area contributed by atoms with E-state index in [4.69, 9.17) is 10.00 Å². The van der Waals surface area contributed by atoms with E-state index < -0.39 is 0 Å². The van der Waals surface area contributed by atoms with Gasteiger partial charge in [-0.15, -0.1) is 0 Å². The fourth-order valence-corrected chi connectivity index (χ4v) is 2.98. The summed E-state index contributed by atoms with van der Waals surface area (Å²) in [6.45, 7) is 2.02. The Kier molecular flexibility index (Phi) is 6.04. The van der Waals surface area contributed by atoms with Crippen LogP contribution in [0.15, 0.2) is 24.3 Å². The summed E-state index contributed by atoms with van der Waals surface area (Å²) in [6.07, 6.45) is 6.00. The molecule has 1 fully saturated rings. The Hall–Kier alpha value is -1.57. The Morgan fingerprint density at radius 1 is 1.19 bits per heavy atom. The van der Waals surface area contributed by atoms with Crippen LogP contribution in [0.2, 0.25) is 0 Å². The molecule has 0 spiro atoms. The van der Waals surface area contributed by atoms with Gasteiger partial charge in [0.15, 0.2) is 6.61 Å². The Balaban J connectivity index is 1.78. The number of hydrogen-bond acceptors (Lipinski definition) is 4. The average Bonchev–Trinajstić information content (AvgIpc) is 2.55. The van der Waals surface area contributed by atoms with E-state index in [9.17, 15) is 5.11 Å². The molecule has 0 aromatic heterocycles. The van der Waals surface area contributed by atoms with Crippen molar-refractivity contribution in [1.29, 1.82) is 5.26 Å². The second kappa shape index (κ2) is 8.02. The van der Waals surface area contributed by atoms with Crippen molar-refractivity contribution in [3.8, 4) is 11.8 Å². The molecule has 4 nitrogen and oxygen atoms in total. The molecule has 0 atom stereocenters. The van der Waals surface area contributed by atoms with Gasteiger partial charge in [0.2, 0.25) is 0 Å². The van der Waals surface area contributed by atoms with Gasteiger partial charge in [0.05, 0.1) is 0 Å². The molecule has 2 N–H and O–H groups in total. The second-order valence-electron chi connectivity index (χ2n) is 5.91. The first-order chi connectivity index (χ1) is 10.3. The van der Waals surface area contributed by atoms with Gasteiger partial charge in [-0.3, -0.25) is 0 Å². The van der Waals surface area contributed by atoms with Crippen molar-refractivity contribution in [2.75, 3.05) is 19.8 Å². The minimum atomic E-state index is 0.0775. The summed E-state index contributed by atoms with van der Waals surface area (Å²) in [4.78, 5) is 0. The highest BCUT2D eigenvalue weighted by molar-refractivity contribution is 5.27. The first kappa shape index (κ1) is 15.8. The number of rotatable bonds is 7. The number of benzene rings is 1. The van der Waals surface area contributed by atoms with E-state index in [1.54, 1.807) is 0 Å². The maximum Gasteiger partial charge on any atom is 0.174 e. The number of aliphatic hydroxyl groups is 1. The van der Waals surface area contributed by atoms with Gasteiger partial charge in [-0.25, -0.2) is 0 Å². The molecule has 0 bridgehead atoms. The van der Waals surface area contributed by atoms with Crippen molar-refractivity contribution in [3.63, 3.8) is 0 Å². The Labute approximate surface area is 126 Å². The molecule has 0 unspecified atom stereocenters. The third-order valence-corrected chi connectivity index (χ3v) is 4.31. The highest BCUT2D eigenvalue weighted by Gasteiger charge is 2.30. The summed E-state index contributed by atoms with van der Waals surface area (Å²) >= 11 is 0. The van der Waals surface area contributed by atoms with Gasteiger partial charge in [-0.05, 0) is 30.5 Å². The molecule has 4 heteroatoms. The zero-order chi connectivity index (χ0) is 15.0. The maximum atomic E-state index is 9.67. The quantitative estimate of drug-likeness (QED) is 0.809. The normalized spacial score (nSPS) is 17.1. The molecule has 1 aromatic rings. The van der Waals surface area contributed by atoms with Crippen molar-refractivity contribution < 1.29 is 9.84 Å². The number of nitrogens with zero attached hydrogens (tertiary/aromatic N) is 1. The van der Waals surface area contributed by atoms with Crippen LogP contribution < -0.4 is 10.1 Å². The third kappa shape index (κ3) is 4.73. The Bertz CT molecular complexity index is 459. The maximum absolute atomic E-state index is 9.67. The Morgan fingerprint density at radius 2 is 1.90 bits per heavy atom. The predicted molar refractivity (Wildman–Crippen MR) is 81.9 cm³/mol. The number of ether oxygens (including phenoxy) is 1. The molecule has 114 valence electrons. The van der Waals surface area contributed by atoms with Gasteiger partial charge < -0.3 is 15.2 Å². The van der Waals surface area contributed by atoms with Gasteiger partial charge in [0.25, 0.3) is 0 Å². The number of nitrogens with one attached hydrogen (secondary N) is 1. The van der Waals surface area contributed by atoms with E-state index in [1.165, 1.54) is 24.8 Å². The highest BCUT2D eigenvalue weighted by atomic mass is 16.5. The SMILES string of the molecule is N#CCOc1ccc(CNCC2(CO)CCCCC2)cc1. The van der Waals surface area contributed by atoms with Crippen LogP contribution in [-0.4, -0.2) is 24.9 Å². The molecule has 21 heavy (non-hydrogen) atoms. The molecule has 0 heterocycles. The first-order valence-electron chi connectivity index (χ1n) is 7.68. The van der Waals surface area contributed by atoms with Gasteiger partial charge in [0.1, 0.15) is 11.8 Å². The van der Waals surface area contributed by atoms with Gasteiger partial charge in [-0.1, -0.05) is 31.4 Å². The smallest absolute Gasteiger partial charge is 0.174 e. The van der Waals surface area contributed by atoms with Crippen LogP contribution in [-0.2, 0) is 6.54 Å². The van der Waals surface area contributed by atoms with Crippen LogP contribution in [0.3, 0.4) is 0 Å². The molecular weight excluding hydrogens is 264 g/mol. The summed E-state index contributed by atoms with van der Waals surface area (Å²) in [6, 6.07) is 9.74. The van der Waals surface area contributed by atoms with Crippen LogP contribution in [0.5, 0.6) is 5.75 Å². The van der Waals surface area contributed by atoms with Crippen molar-refractivity contribution >= 4 is 0 Å². The van der Waals surface area contributed by atoms with Crippen molar-refractivity contribution in [2.45, 2.75) is 38.6 Å². The van der Waals surface area contributed by atoms with Crippen molar-refractivity contribution in [3.05, 3.63) is 29.8 Å². The van der Waals surface area contributed by atoms with Crippen LogP contribution >= 0.6 is 0 Å². The van der Waals surface area contributed by atoms with Crippen molar-refractivity contribution in [1.82, 2.24) is 5.32 Å². The minimum Gasteiger partial charge on any atom is -0.479 e. The van der Waals surface area contributed by atoms with Crippen molar-refractivity contribution in [2.24, 2.45) is 5.41 Å². The third-order valence-electron chi connectivity index (χ3n) is 4.31. The molecule has 0 aliphatic heterocycles. The second-order valence-corrected chi connectivity index (χ2v) is 5.91. The standard InChI is InChI=1S/C17H24N2O2/c18-10-11-21-16-6-4-15(5-7-16)12-19-13-17(14-20)8-2-1-3-9-17/h4-7,19-20H,1-3,8-9,11-14H2. The summed E-state index contributed by atoms with van der Waals surface area (Å²) in [5.41, 5.74) is 1.26. The number of nitriles is 1. The number of aliphatic hydroxyl groups excluding tert-OH is 1. The van der Waals surface area contributed by atoms with Crippen LogP contribution in [0.1, 0.15) is 37.7 Å². The summed E-state index contributed by atoms with van der Waals surface area (Å²) in [5, 5.41) is 21.6. The van der Waals surface area contributed by atoms with E-state index in [-0.39, 0.29) is 18.6 Å². The molecule has 1 saturated carbocycles. The largest absolute Gasteiger partial charge is 0.479 e. The molecule has 1 aliphatic rings. The molecule has 1 aliphatic carbocycles. The lowest BCUT2D eigenvalue weighted by Gasteiger charge is -2.35. The molecule has 0 saturated heterocycles. The zero-order valence-electron chi connectivity index (χ0n) is 12.5. The minimum absolute atomic E-state index is 0.0775. The van der Waals surface area contributed by atoms with E-state index in [2.05, 4.69) is 5.32 Å². The van der Waals surface area contributed by atoms with E-state index in [0.29, 0.717) is 0 Å². The van der Waals surface area contributed by atoms with E-state index in [0.717, 1.165) is 31.7 Å². The first-order valence-corrected chi connectivity index (χ1v) is 7.68. The average molecular weight is 288 g/mol. The van der Waals surface area contributed by atoms with Crippen LogP contribution in [0.4, 0.5) is 0 Å². The summed E-state index contributed by atoms with van der Waals surface area (Å²) < 4.78 is 5.23. The monoisotopic (exact) mass is 288 g/mol. The topological polar surface area (TPSA) is 65.3 Å². The molecule has 0 amide bonds. The summed E-state index contributed by atoms with van der Waals surface area (Å²) in [7, 11) is 0. The molecule has 0 radical (unpaired) electrons. The van der Waals surface area contributed by atoms with E-state index >= 15 is 0 Å². The van der Waals surface area contributed by atoms with Gasteiger partial charge in [0, 0.05) is 25.1 Å². The number of hydrogen-bond donors (Lipinski definition) is 2. The lowest BCUT2D eigenvalue weighted by atomic mass is 9.74. The lowest BCUT2D eigenvalue weighted by Crippen LogP contribution is -2.38. The van der Waals surface area contributed by atoms with E-state index in [1.807, 2.05) is 30.3 Å². The Morgan fingerprint density at radius 3 is 2.52 bits per heavy atom. The fourth-order valence-electron chi connectivity index (χ4n) is 2.98. The van der Waals surface area contributed by atoms with Gasteiger partial charge >= 0.3 is 0 Å². The summed E-state index contributed by atoms with van der Waals surface area (Å²) in [5.74, 6) is 0.722. The fraction of sp³-hybridized carbons (Fsp3) is 0.588. The predicted octanol–water partition coefficient (Wildman–Crippen LogP) is 2.62. The zero-order valence-corrected chi connectivity index (χ0v) is 12.5. The van der Waals surface area contributed by atoms with Crippen LogP contribution in [0.25, 0.3) is 0 Å².